The first kappa shape index (κ1) is 21.9. The number of hydrogen-bond acceptors (Lipinski definition) is 2. The monoisotopic (exact) mass is 530 g/mol. The molecular formula is C24H17BrCl2N2OS. The van der Waals surface area contributed by atoms with Crippen LogP contribution in [0.15, 0.2) is 83.3 Å². The van der Waals surface area contributed by atoms with Crippen molar-refractivity contribution in [3.8, 4) is 5.75 Å². The molecule has 3 nitrogen and oxygen atoms in total. The highest BCUT2D eigenvalue weighted by Gasteiger charge is 2.08. The van der Waals surface area contributed by atoms with Crippen LogP contribution in [0, 0.1) is 0 Å². The average molecular weight is 532 g/mol. The second-order valence-corrected chi connectivity index (χ2v) is 8.94. The summed E-state index contributed by atoms with van der Waals surface area (Å²) in [7, 11) is 0. The zero-order chi connectivity index (χ0) is 21.8. The molecule has 0 unspecified atom stereocenters. The zero-order valence-corrected chi connectivity index (χ0v) is 20.1. The lowest BCUT2D eigenvalue weighted by Crippen LogP contribution is -2.19. The Morgan fingerprint density at radius 1 is 0.871 bits per heavy atom. The standard InChI is InChI=1S/C24H17BrCl2N2OS/c25-22-9-8-20(30-14-16-6-3-5-15-4-1-2-7-21(15)16)13-23(22)29-24(31)28-19-11-17(26)10-18(27)12-19/h1-13H,14H2,(H2,28,29,31). The number of benzene rings is 4. The number of nitrogens with one attached hydrogen (secondary N) is 2. The van der Waals surface area contributed by atoms with Crippen LogP contribution >= 0.6 is 51.3 Å². The van der Waals surface area contributed by atoms with Gasteiger partial charge in [0.2, 0.25) is 0 Å². The third-order valence-electron chi connectivity index (χ3n) is 4.58. The van der Waals surface area contributed by atoms with E-state index in [0.29, 0.717) is 27.5 Å². The van der Waals surface area contributed by atoms with Gasteiger partial charge in [0.05, 0.1) is 5.69 Å². The van der Waals surface area contributed by atoms with Crippen molar-refractivity contribution in [3.63, 3.8) is 0 Å². The minimum Gasteiger partial charge on any atom is -0.489 e. The van der Waals surface area contributed by atoms with Crippen LogP contribution in [0.2, 0.25) is 10.0 Å². The van der Waals surface area contributed by atoms with E-state index < -0.39 is 0 Å². The summed E-state index contributed by atoms with van der Waals surface area (Å²) in [4.78, 5) is 0. The summed E-state index contributed by atoms with van der Waals surface area (Å²) < 4.78 is 6.93. The van der Waals surface area contributed by atoms with Crippen LogP contribution in [-0.2, 0) is 6.61 Å². The molecule has 0 radical (unpaired) electrons. The van der Waals surface area contributed by atoms with Crippen molar-refractivity contribution in [3.05, 3.63) is 98.9 Å². The molecule has 0 saturated carbocycles. The number of halogens is 3. The van der Waals surface area contributed by atoms with E-state index in [0.717, 1.165) is 21.5 Å². The van der Waals surface area contributed by atoms with Crippen molar-refractivity contribution in [1.82, 2.24) is 0 Å². The predicted octanol–water partition coefficient (Wildman–Crippen LogP) is 8.30. The van der Waals surface area contributed by atoms with Crippen LogP contribution in [0.1, 0.15) is 5.56 Å². The topological polar surface area (TPSA) is 33.3 Å². The maximum absolute atomic E-state index is 6.07. The molecule has 0 aliphatic heterocycles. The molecule has 4 rings (SSSR count). The van der Waals surface area contributed by atoms with Gasteiger partial charge < -0.3 is 15.4 Å². The first-order chi connectivity index (χ1) is 15.0. The van der Waals surface area contributed by atoms with Crippen molar-refractivity contribution < 1.29 is 4.74 Å². The van der Waals surface area contributed by atoms with Gasteiger partial charge in [-0.05, 0) is 74.8 Å². The van der Waals surface area contributed by atoms with Gasteiger partial charge in [0.25, 0.3) is 0 Å². The maximum Gasteiger partial charge on any atom is 0.175 e. The fraction of sp³-hybridized carbons (Fsp3) is 0.0417. The third kappa shape index (κ3) is 5.69. The maximum atomic E-state index is 6.07. The number of anilines is 2. The van der Waals surface area contributed by atoms with Crippen molar-refractivity contribution in [1.29, 1.82) is 0 Å². The Morgan fingerprint density at radius 2 is 1.61 bits per heavy atom. The number of thiocarbonyl (C=S) groups is 1. The fourth-order valence-corrected chi connectivity index (χ4v) is 4.28. The summed E-state index contributed by atoms with van der Waals surface area (Å²) in [6.45, 7) is 0.464. The molecular weight excluding hydrogens is 515 g/mol. The minimum absolute atomic E-state index is 0.408. The van der Waals surface area contributed by atoms with Gasteiger partial charge in [0.15, 0.2) is 5.11 Å². The van der Waals surface area contributed by atoms with E-state index in [2.05, 4.69) is 50.8 Å². The summed E-state index contributed by atoms with van der Waals surface area (Å²) in [6.07, 6.45) is 0. The summed E-state index contributed by atoms with van der Waals surface area (Å²) in [6, 6.07) is 25.4. The van der Waals surface area contributed by atoms with Crippen LogP contribution in [0.25, 0.3) is 10.8 Å². The second-order valence-electron chi connectivity index (χ2n) is 6.81. The Kier molecular flexibility index (Phi) is 6.98. The molecule has 0 bridgehead atoms. The number of ether oxygens (including phenoxy) is 1. The van der Waals surface area contributed by atoms with E-state index >= 15 is 0 Å². The molecule has 31 heavy (non-hydrogen) atoms. The second kappa shape index (κ2) is 9.88. The average Bonchev–Trinajstić information content (AvgIpc) is 2.73. The highest BCUT2D eigenvalue weighted by atomic mass is 79.9. The molecule has 0 fully saturated rings. The number of rotatable bonds is 5. The molecule has 4 aromatic rings. The van der Waals surface area contributed by atoms with Crippen molar-refractivity contribution in [2.24, 2.45) is 0 Å². The van der Waals surface area contributed by atoms with Crippen LogP contribution in [0.4, 0.5) is 11.4 Å². The van der Waals surface area contributed by atoms with E-state index in [1.165, 1.54) is 10.8 Å². The van der Waals surface area contributed by atoms with E-state index in [1.54, 1.807) is 18.2 Å². The van der Waals surface area contributed by atoms with Crippen molar-refractivity contribution in [2.75, 3.05) is 10.6 Å². The van der Waals surface area contributed by atoms with Gasteiger partial charge in [-0.25, -0.2) is 0 Å². The van der Waals surface area contributed by atoms with Gasteiger partial charge in [-0.1, -0.05) is 65.7 Å². The van der Waals surface area contributed by atoms with Crippen LogP contribution in [-0.4, -0.2) is 5.11 Å². The predicted molar refractivity (Wildman–Crippen MR) is 139 cm³/mol. The Hall–Kier alpha value is -2.31. The molecule has 0 spiro atoms. The molecule has 0 amide bonds. The molecule has 0 atom stereocenters. The van der Waals surface area contributed by atoms with E-state index in [4.69, 9.17) is 40.2 Å². The molecule has 0 saturated heterocycles. The fourth-order valence-electron chi connectivity index (χ4n) is 3.18. The van der Waals surface area contributed by atoms with Gasteiger partial charge in [-0.2, -0.15) is 0 Å². The SMILES string of the molecule is S=C(Nc1cc(Cl)cc(Cl)c1)Nc1cc(OCc2cccc3ccccc23)ccc1Br. The molecule has 2 N–H and O–H groups in total. The number of fused-ring (bicyclic) bond motifs is 1. The largest absolute Gasteiger partial charge is 0.489 e. The lowest BCUT2D eigenvalue weighted by atomic mass is 10.1. The van der Waals surface area contributed by atoms with Gasteiger partial charge in [-0.15, -0.1) is 0 Å². The Bertz CT molecular complexity index is 1240. The van der Waals surface area contributed by atoms with E-state index in [9.17, 15) is 0 Å². The van der Waals surface area contributed by atoms with E-state index in [-0.39, 0.29) is 0 Å². The number of hydrogen-bond donors (Lipinski definition) is 2. The molecule has 156 valence electrons. The van der Waals surface area contributed by atoms with Crippen molar-refractivity contribution >= 4 is 78.6 Å². The van der Waals surface area contributed by atoms with Gasteiger partial charge in [0.1, 0.15) is 12.4 Å². The molecule has 0 aliphatic rings. The molecule has 0 aromatic heterocycles. The van der Waals surface area contributed by atoms with Crippen LogP contribution in [0.3, 0.4) is 0 Å². The molecule has 4 aromatic carbocycles. The minimum atomic E-state index is 0.408. The zero-order valence-electron chi connectivity index (χ0n) is 16.2. The van der Waals surface area contributed by atoms with Crippen molar-refractivity contribution in [2.45, 2.75) is 6.61 Å². The Labute approximate surface area is 204 Å². The van der Waals surface area contributed by atoms with Gasteiger partial charge >= 0.3 is 0 Å². The summed E-state index contributed by atoms with van der Waals surface area (Å²) in [5, 5.41) is 10.1. The normalized spacial score (nSPS) is 10.7. The van der Waals surface area contributed by atoms with Gasteiger partial charge in [-0.3, -0.25) is 0 Å². The molecule has 0 heterocycles. The van der Waals surface area contributed by atoms with Crippen LogP contribution in [0.5, 0.6) is 5.75 Å². The highest BCUT2D eigenvalue weighted by Crippen LogP contribution is 2.29. The molecule has 0 aliphatic carbocycles. The lowest BCUT2D eigenvalue weighted by molar-refractivity contribution is 0.308. The highest BCUT2D eigenvalue weighted by molar-refractivity contribution is 9.10. The summed E-state index contributed by atoms with van der Waals surface area (Å²) in [5.41, 5.74) is 2.61. The smallest absolute Gasteiger partial charge is 0.175 e. The Morgan fingerprint density at radius 3 is 2.42 bits per heavy atom. The third-order valence-corrected chi connectivity index (χ3v) is 5.91. The quantitative estimate of drug-likeness (QED) is 0.254. The summed E-state index contributed by atoms with van der Waals surface area (Å²) >= 11 is 21.1. The summed E-state index contributed by atoms with van der Waals surface area (Å²) in [5.74, 6) is 0.729. The first-order valence-corrected chi connectivity index (χ1v) is 11.4. The Balaban J connectivity index is 1.46. The van der Waals surface area contributed by atoms with Gasteiger partial charge in [0, 0.05) is 26.3 Å². The van der Waals surface area contributed by atoms with Crippen LogP contribution < -0.4 is 15.4 Å². The first-order valence-electron chi connectivity index (χ1n) is 9.41. The lowest BCUT2D eigenvalue weighted by Gasteiger charge is -2.14. The molecule has 7 heteroatoms. The van der Waals surface area contributed by atoms with E-state index in [1.807, 2.05) is 36.4 Å².